The lowest BCUT2D eigenvalue weighted by molar-refractivity contribution is -0.148. The van der Waals surface area contributed by atoms with Crippen LogP contribution in [0.4, 0.5) is 0 Å². The van der Waals surface area contributed by atoms with Gasteiger partial charge in [-0.1, -0.05) is 83.7 Å². The van der Waals surface area contributed by atoms with Gasteiger partial charge in [0.25, 0.3) is 0 Å². The maximum Gasteiger partial charge on any atom is 0.338 e. The number of benzene rings is 1. The molecule has 4 aliphatic rings. The number of ketones is 1. The van der Waals surface area contributed by atoms with Crippen molar-refractivity contribution in [3.05, 3.63) is 47.0 Å². The Kier molecular flexibility index (Phi) is 7.70. The van der Waals surface area contributed by atoms with Crippen LogP contribution in [0.5, 0.6) is 0 Å². The Morgan fingerprint density at radius 3 is 2.33 bits per heavy atom. The Bertz CT molecular complexity index is 1120. The number of ether oxygens (including phenoxy) is 1. The summed E-state index contributed by atoms with van der Waals surface area (Å²) in [6, 6.07) is 9.34. The SMILES string of the molecule is CC(C)[C@@H](C)CC[C@@H](C)C1CCC2=C3CC[C@H]4CC(OC(=O)c5ccccc5)CCC4(C)[C@@]3(C)C(=O)CC21C. The van der Waals surface area contributed by atoms with Crippen LogP contribution in [0.15, 0.2) is 41.5 Å². The first-order valence-electron chi connectivity index (χ1n) is 15.9. The van der Waals surface area contributed by atoms with Crippen molar-refractivity contribution >= 4 is 11.8 Å². The summed E-state index contributed by atoms with van der Waals surface area (Å²) in [6.45, 7) is 16.7. The molecule has 4 aliphatic carbocycles. The Hall–Kier alpha value is -1.90. The topological polar surface area (TPSA) is 43.4 Å². The lowest BCUT2D eigenvalue weighted by atomic mass is 9.42. The van der Waals surface area contributed by atoms with Gasteiger partial charge >= 0.3 is 5.97 Å². The Morgan fingerprint density at radius 1 is 0.949 bits per heavy atom. The molecule has 3 nitrogen and oxygen atoms in total. The van der Waals surface area contributed by atoms with Crippen LogP contribution >= 0.6 is 0 Å². The first kappa shape index (κ1) is 28.6. The maximum absolute atomic E-state index is 14.4. The number of carbonyl (C=O) groups excluding carboxylic acids is 2. The Balaban J connectivity index is 1.35. The minimum atomic E-state index is -0.372. The Morgan fingerprint density at radius 2 is 1.64 bits per heavy atom. The summed E-state index contributed by atoms with van der Waals surface area (Å²) in [6.07, 6.45) is 10.5. The highest BCUT2D eigenvalue weighted by Gasteiger charge is 2.64. The predicted octanol–water partition coefficient (Wildman–Crippen LogP) is 9.21. The van der Waals surface area contributed by atoms with Gasteiger partial charge in [0.2, 0.25) is 0 Å². The van der Waals surface area contributed by atoms with Crippen LogP contribution in [0.25, 0.3) is 0 Å². The first-order valence-corrected chi connectivity index (χ1v) is 15.9. The highest BCUT2D eigenvalue weighted by atomic mass is 16.5. The number of rotatable bonds is 7. The van der Waals surface area contributed by atoms with E-state index in [0.29, 0.717) is 35.5 Å². The molecule has 1 aromatic carbocycles. The van der Waals surface area contributed by atoms with Gasteiger partial charge in [-0.15, -0.1) is 0 Å². The number of fused-ring (bicyclic) bond motifs is 4. The van der Waals surface area contributed by atoms with E-state index in [1.54, 1.807) is 5.57 Å². The standard InChI is InChI=1S/C36H52O3/c1-23(2)24(3)13-14-25(4)29-17-18-30-31-16-15-27-21-28(39-33(38)26-11-9-8-10-12-26)19-20-35(27,6)36(31,7)32(37)22-34(29,30)5/h8-12,23-25,27-29H,13-22H2,1-7H3/t24-,25+,27-,28?,29?,34?,35?,36+/m0/s1. The lowest BCUT2D eigenvalue weighted by Gasteiger charge is -2.61. The Labute approximate surface area is 237 Å². The third-order valence-corrected chi connectivity index (χ3v) is 12.8. The van der Waals surface area contributed by atoms with Crippen LogP contribution in [-0.4, -0.2) is 17.9 Å². The smallest absolute Gasteiger partial charge is 0.338 e. The molecule has 0 amide bonds. The zero-order valence-electron chi connectivity index (χ0n) is 25.6. The fourth-order valence-electron chi connectivity index (χ4n) is 9.55. The van der Waals surface area contributed by atoms with Crippen molar-refractivity contribution in [2.75, 3.05) is 0 Å². The second-order valence-corrected chi connectivity index (χ2v) is 14.8. The van der Waals surface area contributed by atoms with Crippen molar-refractivity contribution in [1.29, 1.82) is 0 Å². The first-order chi connectivity index (χ1) is 18.4. The van der Waals surface area contributed by atoms with Crippen LogP contribution in [0.3, 0.4) is 0 Å². The average Bonchev–Trinajstić information content (AvgIpc) is 3.25. The highest BCUT2D eigenvalue weighted by molar-refractivity contribution is 5.92. The summed E-state index contributed by atoms with van der Waals surface area (Å²) < 4.78 is 6.01. The molecule has 3 saturated carbocycles. The van der Waals surface area contributed by atoms with Gasteiger partial charge < -0.3 is 4.74 Å². The summed E-state index contributed by atoms with van der Waals surface area (Å²) >= 11 is 0. The normalized spacial score (nSPS) is 37.6. The van der Waals surface area contributed by atoms with Gasteiger partial charge in [-0.3, -0.25) is 4.79 Å². The van der Waals surface area contributed by atoms with E-state index in [1.807, 2.05) is 30.3 Å². The van der Waals surface area contributed by atoms with Crippen molar-refractivity contribution in [2.45, 2.75) is 119 Å². The fraction of sp³-hybridized carbons (Fsp3) is 0.722. The van der Waals surface area contributed by atoms with Gasteiger partial charge in [-0.05, 0) is 104 Å². The molecule has 4 unspecified atom stereocenters. The number of esters is 1. The maximum atomic E-state index is 14.4. The van der Waals surface area contributed by atoms with E-state index in [2.05, 4.69) is 48.5 Å². The molecule has 3 heteroatoms. The molecule has 0 bridgehead atoms. The molecule has 8 atom stereocenters. The van der Waals surface area contributed by atoms with E-state index < -0.39 is 0 Å². The number of carbonyl (C=O) groups is 2. The zero-order chi connectivity index (χ0) is 28.2. The quantitative estimate of drug-likeness (QED) is 0.260. The van der Waals surface area contributed by atoms with E-state index in [9.17, 15) is 9.59 Å². The van der Waals surface area contributed by atoms with E-state index in [0.717, 1.165) is 43.9 Å². The number of hydrogen-bond donors (Lipinski definition) is 0. The minimum Gasteiger partial charge on any atom is -0.459 e. The number of hydrogen-bond acceptors (Lipinski definition) is 3. The minimum absolute atomic E-state index is 0.0397. The summed E-state index contributed by atoms with van der Waals surface area (Å²) in [5.41, 5.74) is 3.42. The molecule has 1 aromatic rings. The molecule has 0 saturated heterocycles. The average molecular weight is 533 g/mol. The predicted molar refractivity (Wildman–Crippen MR) is 158 cm³/mol. The third-order valence-electron chi connectivity index (χ3n) is 12.8. The molecule has 5 rings (SSSR count). The second kappa shape index (κ2) is 10.5. The van der Waals surface area contributed by atoms with E-state index >= 15 is 0 Å². The van der Waals surface area contributed by atoms with Crippen molar-refractivity contribution in [3.63, 3.8) is 0 Å². The van der Waals surface area contributed by atoms with Crippen LogP contribution in [0.1, 0.15) is 123 Å². The molecule has 214 valence electrons. The van der Waals surface area contributed by atoms with E-state index in [-0.39, 0.29) is 28.3 Å². The number of allylic oxidation sites excluding steroid dienone is 2. The molecule has 0 heterocycles. The third kappa shape index (κ3) is 4.64. The van der Waals surface area contributed by atoms with E-state index in [1.165, 1.54) is 31.3 Å². The summed E-state index contributed by atoms with van der Waals surface area (Å²) in [4.78, 5) is 27.2. The van der Waals surface area contributed by atoms with Gasteiger partial charge in [0, 0.05) is 6.42 Å². The fourth-order valence-corrected chi connectivity index (χ4v) is 9.55. The lowest BCUT2D eigenvalue weighted by Crippen LogP contribution is -2.58. The molecule has 0 N–H and O–H groups in total. The molecule has 0 spiro atoms. The van der Waals surface area contributed by atoms with Crippen LogP contribution < -0.4 is 0 Å². The zero-order valence-corrected chi connectivity index (χ0v) is 25.6. The van der Waals surface area contributed by atoms with Gasteiger partial charge in [0.15, 0.2) is 0 Å². The van der Waals surface area contributed by atoms with Crippen LogP contribution in [0, 0.1) is 45.8 Å². The largest absolute Gasteiger partial charge is 0.459 e. The second-order valence-electron chi connectivity index (χ2n) is 14.8. The summed E-state index contributed by atoms with van der Waals surface area (Å²) in [5, 5.41) is 0. The van der Waals surface area contributed by atoms with Crippen molar-refractivity contribution < 1.29 is 14.3 Å². The molecular weight excluding hydrogens is 480 g/mol. The molecule has 3 fully saturated rings. The van der Waals surface area contributed by atoms with Crippen LogP contribution in [-0.2, 0) is 9.53 Å². The molecule has 39 heavy (non-hydrogen) atoms. The van der Waals surface area contributed by atoms with Gasteiger partial charge in [0.1, 0.15) is 11.9 Å². The van der Waals surface area contributed by atoms with Crippen LogP contribution in [0.2, 0.25) is 0 Å². The van der Waals surface area contributed by atoms with E-state index in [4.69, 9.17) is 4.74 Å². The summed E-state index contributed by atoms with van der Waals surface area (Å²) in [5.74, 6) is 3.46. The monoisotopic (exact) mass is 532 g/mol. The van der Waals surface area contributed by atoms with Crippen molar-refractivity contribution in [2.24, 2.45) is 45.8 Å². The molecule has 0 radical (unpaired) electrons. The van der Waals surface area contributed by atoms with Gasteiger partial charge in [-0.2, -0.15) is 0 Å². The molecular formula is C36H52O3. The van der Waals surface area contributed by atoms with Gasteiger partial charge in [0.05, 0.1) is 11.0 Å². The summed E-state index contributed by atoms with van der Waals surface area (Å²) in [7, 11) is 0. The number of Topliss-reactive ketones (excluding diaryl/α,β-unsaturated/α-hetero) is 1. The molecule has 0 aliphatic heterocycles. The molecule has 0 aromatic heterocycles. The highest BCUT2D eigenvalue weighted by Crippen LogP contribution is 2.69. The van der Waals surface area contributed by atoms with Gasteiger partial charge in [-0.25, -0.2) is 4.79 Å². The van der Waals surface area contributed by atoms with Crippen molar-refractivity contribution in [3.8, 4) is 0 Å². The van der Waals surface area contributed by atoms with Crippen molar-refractivity contribution in [1.82, 2.24) is 0 Å².